The van der Waals surface area contributed by atoms with E-state index in [2.05, 4.69) is 30.6 Å². The van der Waals surface area contributed by atoms with E-state index in [4.69, 9.17) is 16.3 Å². The summed E-state index contributed by atoms with van der Waals surface area (Å²) < 4.78 is 11.5. The summed E-state index contributed by atoms with van der Waals surface area (Å²) in [5.41, 5.74) is -0.767. The van der Waals surface area contributed by atoms with Gasteiger partial charge in [0.2, 0.25) is 0 Å². The van der Waals surface area contributed by atoms with Gasteiger partial charge in [0.1, 0.15) is 11.3 Å². The molecular weight excluding hydrogens is 570 g/mol. The summed E-state index contributed by atoms with van der Waals surface area (Å²) >= 11 is 9.80. The van der Waals surface area contributed by atoms with Crippen LogP contribution in [-0.4, -0.2) is 39.2 Å². The van der Waals surface area contributed by atoms with Gasteiger partial charge >= 0.3 is 17.3 Å². The highest BCUT2D eigenvalue weighted by molar-refractivity contribution is 9.10. The lowest BCUT2D eigenvalue weighted by molar-refractivity contribution is -0.385. The molecule has 1 N–H and O–H groups in total. The zero-order valence-corrected chi connectivity index (χ0v) is 20.7. The van der Waals surface area contributed by atoms with Gasteiger partial charge in [0.25, 0.3) is 11.6 Å². The molecule has 0 bridgehead atoms. The number of nitrogens with one attached hydrogen (secondary N) is 1. The molecule has 3 rings (SSSR count). The smallest absolute Gasteiger partial charge is 0.388 e. The molecule has 1 heterocycles. The number of ether oxygens (including phenoxy) is 2. The highest BCUT2D eigenvalue weighted by Crippen LogP contribution is 2.34. The Morgan fingerprint density at radius 3 is 2.49 bits per heavy atom. The molecule has 0 spiro atoms. The van der Waals surface area contributed by atoms with Crippen molar-refractivity contribution in [1.29, 1.82) is 0 Å². The maximum absolute atomic E-state index is 12.9. The highest BCUT2D eigenvalue weighted by Gasteiger charge is 2.27. The van der Waals surface area contributed by atoms with Gasteiger partial charge in [-0.25, -0.2) is 23.9 Å². The molecule has 3 aromatic rings. The van der Waals surface area contributed by atoms with E-state index in [0.29, 0.717) is 16.4 Å². The SMILES string of the molecule is COC(=O)SN(C(=O)NC(=O)c1ccccc1[N+](=O)[O-])c1ccc(Oc2ncc(Br)cn2)c(Cl)c1. The molecule has 0 saturated heterocycles. The Kier molecular flexibility index (Phi) is 8.57. The number of carbonyl (C=O) groups is 3. The minimum atomic E-state index is -1.08. The number of para-hydroxylation sites is 1. The van der Waals surface area contributed by atoms with E-state index in [0.717, 1.165) is 17.5 Å². The van der Waals surface area contributed by atoms with Crippen LogP contribution in [-0.2, 0) is 4.74 Å². The zero-order chi connectivity index (χ0) is 25.5. The average Bonchev–Trinajstić information content (AvgIpc) is 2.84. The molecule has 1 aromatic heterocycles. The van der Waals surface area contributed by atoms with Gasteiger partial charge in [-0.05, 0) is 40.2 Å². The van der Waals surface area contributed by atoms with Crippen LogP contribution in [0.2, 0.25) is 5.02 Å². The number of nitro benzene ring substituents is 1. The van der Waals surface area contributed by atoms with Gasteiger partial charge in [-0.15, -0.1) is 0 Å². The van der Waals surface area contributed by atoms with Gasteiger partial charge in [0, 0.05) is 18.5 Å². The molecule has 0 aliphatic heterocycles. The number of amides is 3. The van der Waals surface area contributed by atoms with Crippen molar-refractivity contribution >= 4 is 68.1 Å². The number of hydrogen-bond acceptors (Lipinski definition) is 10. The van der Waals surface area contributed by atoms with Crippen molar-refractivity contribution in [3.63, 3.8) is 0 Å². The van der Waals surface area contributed by atoms with Gasteiger partial charge < -0.3 is 9.47 Å². The van der Waals surface area contributed by atoms with Crippen molar-refractivity contribution in [1.82, 2.24) is 15.3 Å². The van der Waals surface area contributed by atoms with E-state index in [9.17, 15) is 24.5 Å². The first-order valence-electron chi connectivity index (χ1n) is 9.29. The predicted molar refractivity (Wildman–Crippen MR) is 130 cm³/mol. The van der Waals surface area contributed by atoms with Crippen molar-refractivity contribution in [3.05, 3.63) is 80.0 Å². The normalized spacial score (nSPS) is 10.3. The van der Waals surface area contributed by atoms with E-state index >= 15 is 0 Å². The Balaban J connectivity index is 1.85. The fraction of sp³-hybridized carbons (Fsp3) is 0.0500. The average molecular weight is 583 g/mol. The van der Waals surface area contributed by atoms with Crippen LogP contribution in [0.5, 0.6) is 11.8 Å². The Hall–Kier alpha value is -3.75. The summed E-state index contributed by atoms with van der Waals surface area (Å²) in [4.78, 5) is 55.7. The van der Waals surface area contributed by atoms with Crippen molar-refractivity contribution in [3.8, 4) is 11.8 Å². The minimum absolute atomic E-state index is 0.0106. The first-order valence-corrected chi connectivity index (χ1v) is 11.2. The fourth-order valence-corrected chi connectivity index (χ4v) is 3.50. The van der Waals surface area contributed by atoms with Gasteiger partial charge in [-0.2, -0.15) is 0 Å². The molecule has 0 radical (unpaired) electrons. The number of aromatic nitrogens is 2. The minimum Gasteiger partial charge on any atom is -0.460 e. The number of halogens is 2. The number of benzene rings is 2. The Morgan fingerprint density at radius 2 is 1.86 bits per heavy atom. The second-order valence-electron chi connectivity index (χ2n) is 6.27. The summed E-state index contributed by atoms with van der Waals surface area (Å²) in [6.07, 6.45) is 2.94. The van der Waals surface area contributed by atoms with E-state index in [1.807, 2.05) is 5.32 Å². The number of carbonyl (C=O) groups excluding carboxylic acids is 3. The van der Waals surface area contributed by atoms with Gasteiger partial charge in [-0.1, -0.05) is 23.7 Å². The van der Waals surface area contributed by atoms with Crippen molar-refractivity contribution < 1.29 is 28.8 Å². The van der Waals surface area contributed by atoms with Crippen molar-refractivity contribution in [2.24, 2.45) is 0 Å². The molecule has 0 saturated carbocycles. The molecule has 0 atom stereocenters. The molecule has 15 heteroatoms. The van der Waals surface area contributed by atoms with Crippen LogP contribution in [0.3, 0.4) is 0 Å². The second kappa shape index (κ2) is 11.6. The van der Waals surface area contributed by atoms with E-state index in [1.165, 1.54) is 48.8 Å². The summed E-state index contributed by atoms with van der Waals surface area (Å²) in [7, 11) is 1.10. The van der Waals surface area contributed by atoms with Gasteiger partial charge in [0.05, 0.1) is 39.2 Å². The quantitative estimate of drug-likeness (QED) is 0.180. The Bertz CT molecular complexity index is 1300. The fourth-order valence-electron chi connectivity index (χ4n) is 2.51. The number of hydrogen-bond donors (Lipinski definition) is 1. The Morgan fingerprint density at radius 1 is 1.17 bits per heavy atom. The maximum atomic E-state index is 12.9. The largest absolute Gasteiger partial charge is 0.460 e. The highest BCUT2D eigenvalue weighted by atomic mass is 79.9. The lowest BCUT2D eigenvalue weighted by Crippen LogP contribution is -2.40. The number of nitro groups is 1. The lowest BCUT2D eigenvalue weighted by Gasteiger charge is -2.20. The summed E-state index contributed by atoms with van der Waals surface area (Å²) in [6.45, 7) is 0. The summed E-state index contributed by atoms with van der Waals surface area (Å²) in [5, 5.41) is 12.4. The van der Waals surface area contributed by atoms with E-state index in [-0.39, 0.29) is 28.0 Å². The zero-order valence-electron chi connectivity index (χ0n) is 17.5. The molecule has 180 valence electrons. The molecule has 35 heavy (non-hydrogen) atoms. The summed E-state index contributed by atoms with van der Waals surface area (Å²) in [6, 6.07) is 8.08. The van der Waals surface area contributed by atoms with Crippen LogP contribution >= 0.6 is 39.5 Å². The first-order chi connectivity index (χ1) is 16.7. The Labute approximate surface area is 215 Å². The number of imide groups is 1. The first kappa shape index (κ1) is 25.9. The standard InChI is InChI=1S/C20H13BrClN5O7S/c1-33-20(30)35-26(19(29)25-17(28)13-4-2-3-5-15(13)27(31)32)12-6-7-16(14(22)8-12)34-18-23-9-11(21)10-24-18/h2-10H,1H3,(H,25,28,29). The molecule has 0 fully saturated rings. The van der Waals surface area contributed by atoms with Crippen LogP contribution in [0.15, 0.2) is 59.3 Å². The molecule has 0 aliphatic rings. The third-order valence-corrected chi connectivity index (χ3v) is 5.61. The number of nitrogens with zero attached hydrogens (tertiary/aromatic N) is 4. The summed E-state index contributed by atoms with van der Waals surface area (Å²) in [5.74, 6) is -0.895. The second-order valence-corrected chi connectivity index (χ2v) is 8.48. The maximum Gasteiger partial charge on any atom is 0.388 e. The molecular formula is C20H13BrClN5O7S. The van der Waals surface area contributed by atoms with E-state index < -0.39 is 27.9 Å². The van der Waals surface area contributed by atoms with Crippen molar-refractivity contribution in [2.45, 2.75) is 0 Å². The van der Waals surface area contributed by atoms with Crippen LogP contribution in [0.25, 0.3) is 0 Å². The van der Waals surface area contributed by atoms with Crippen LogP contribution in [0.4, 0.5) is 21.0 Å². The number of anilines is 1. The van der Waals surface area contributed by atoms with E-state index in [1.54, 1.807) is 0 Å². The van der Waals surface area contributed by atoms with Gasteiger partial charge in [-0.3, -0.25) is 20.2 Å². The number of urea groups is 1. The third-order valence-electron chi connectivity index (χ3n) is 4.03. The van der Waals surface area contributed by atoms with Crippen LogP contribution < -0.4 is 14.4 Å². The van der Waals surface area contributed by atoms with Crippen LogP contribution in [0.1, 0.15) is 10.4 Å². The van der Waals surface area contributed by atoms with Crippen molar-refractivity contribution in [2.75, 3.05) is 11.4 Å². The molecule has 0 unspecified atom stereocenters. The van der Waals surface area contributed by atoms with Gasteiger partial charge in [0.15, 0.2) is 0 Å². The van der Waals surface area contributed by atoms with Crippen LogP contribution in [0, 0.1) is 10.1 Å². The lowest BCUT2D eigenvalue weighted by atomic mass is 10.1. The monoisotopic (exact) mass is 581 g/mol. The number of methoxy groups -OCH3 is 1. The molecule has 12 nitrogen and oxygen atoms in total. The molecule has 3 amide bonds. The molecule has 2 aromatic carbocycles. The number of rotatable bonds is 5. The molecule has 0 aliphatic carbocycles. The predicted octanol–water partition coefficient (Wildman–Crippen LogP) is 5.36. The topological polar surface area (TPSA) is 154 Å². The third kappa shape index (κ3) is 6.65.